The fourth-order valence-electron chi connectivity index (χ4n) is 3.28. The first kappa shape index (κ1) is 18.7. The van der Waals surface area contributed by atoms with Crippen molar-refractivity contribution in [3.63, 3.8) is 0 Å². The Morgan fingerprint density at radius 3 is 2.71 bits per heavy atom. The third kappa shape index (κ3) is 3.32. The topological polar surface area (TPSA) is 49.7 Å². The maximum atomic E-state index is 12.8. The third-order valence-electron chi connectivity index (χ3n) is 4.62. The summed E-state index contributed by atoms with van der Waals surface area (Å²) in [6.45, 7) is 3.93. The van der Waals surface area contributed by atoms with Crippen LogP contribution in [0, 0.1) is 13.8 Å². The highest BCUT2D eigenvalue weighted by molar-refractivity contribution is 6.42. The molecule has 7 heteroatoms. The Morgan fingerprint density at radius 1 is 1.11 bits per heavy atom. The highest BCUT2D eigenvalue weighted by atomic mass is 35.5. The number of carbonyl (C=O) groups excluding carboxylic acids is 1. The Hall–Kier alpha value is -2.63. The van der Waals surface area contributed by atoms with Gasteiger partial charge in [0.25, 0.3) is 0 Å². The van der Waals surface area contributed by atoms with Crippen LogP contribution in [0.4, 0.5) is 0 Å². The highest BCUT2D eigenvalue weighted by Crippen LogP contribution is 2.35. The lowest BCUT2D eigenvalue weighted by atomic mass is 10.1. The zero-order valence-corrected chi connectivity index (χ0v) is 16.8. The summed E-state index contributed by atoms with van der Waals surface area (Å²) >= 11 is 12.1. The van der Waals surface area contributed by atoms with Crippen molar-refractivity contribution in [3.8, 4) is 22.9 Å². The molecule has 2 heterocycles. The molecule has 3 aromatic rings. The summed E-state index contributed by atoms with van der Waals surface area (Å²) in [4.78, 5) is 12.8. The van der Waals surface area contributed by atoms with Crippen LogP contribution < -0.4 is 14.2 Å². The van der Waals surface area contributed by atoms with Crippen LogP contribution in [-0.2, 0) is 0 Å². The second-order valence-electron chi connectivity index (χ2n) is 6.42. The summed E-state index contributed by atoms with van der Waals surface area (Å²) in [5, 5.41) is 0.676. The Labute approximate surface area is 172 Å². The van der Waals surface area contributed by atoms with Gasteiger partial charge in [-0.1, -0.05) is 29.3 Å². The number of aryl methyl sites for hydroxylation is 1. The van der Waals surface area contributed by atoms with Gasteiger partial charge in [0.1, 0.15) is 10.8 Å². The standard InChI is InChI=1S/C21H17Cl2NO4/c1-12-8-15(17(25)10-26-19-5-3-4-16(22)21(19)23)13(2)24(12)14-6-7-18-20(9-14)28-11-27-18/h3-9H,10-11H2,1-2H3. The zero-order chi connectivity index (χ0) is 19.8. The number of halogens is 2. The fourth-order valence-corrected chi connectivity index (χ4v) is 3.63. The van der Waals surface area contributed by atoms with Crippen molar-refractivity contribution in [1.82, 2.24) is 4.57 Å². The minimum absolute atomic E-state index is 0.133. The predicted molar refractivity (Wildman–Crippen MR) is 108 cm³/mol. The van der Waals surface area contributed by atoms with Gasteiger partial charge >= 0.3 is 0 Å². The molecule has 5 nitrogen and oxygen atoms in total. The first-order valence-corrected chi connectivity index (χ1v) is 9.40. The second-order valence-corrected chi connectivity index (χ2v) is 7.21. The van der Waals surface area contributed by atoms with E-state index in [9.17, 15) is 4.79 Å². The average Bonchev–Trinajstić information content (AvgIpc) is 3.26. The van der Waals surface area contributed by atoms with Gasteiger partial charge in [-0.15, -0.1) is 0 Å². The predicted octanol–water partition coefficient (Wildman–Crippen LogP) is 5.39. The summed E-state index contributed by atoms with van der Waals surface area (Å²) in [5.41, 5.74) is 3.24. The molecule has 0 amide bonds. The number of rotatable bonds is 5. The third-order valence-corrected chi connectivity index (χ3v) is 5.42. The number of hydrogen-bond donors (Lipinski definition) is 0. The van der Waals surface area contributed by atoms with E-state index in [1.807, 2.05) is 42.7 Å². The molecular formula is C21H17Cl2NO4. The summed E-state index contributed by atoms with van der Waals surface area (Å²) in [7, 11) is 0. The van der Waals surface area contributed by atoms with Crippen molar-refractivity contribution in [2.45, 2.75) is 13.8 Å². The Morgan fingerprint density at radius 2 is 1.89 bits per heavy atom. The van der Waals surface area contributed by atoms with Gasteiger partial charge in [-0.3, -0.25) is 4.79 Å². The number of hydrogen-bond acceptors (Lipinski definition) is 4. The van der Waals surface area contributed by atoms with E-state index >= 15 is 0 Å². The van der Waals surface area contributed by atoms with E-state index in [2.05, 4.69) is 0 Å². The van der Waals surface area contributed by atoms with Crippen LogP contribution >= 0.6 is 23.2 Å². The van der Waals surface area contributed by atoms with Crippen LogP contribution in [0.15, 0.2) is 42.5 Å². The van der Waals surface area contributed by atoms with Crippen LogP contribution in [0.3, 0.4) is 0 Å². The van der Waals surface area contributed by atoms with Crippen molar-refractivity contribution >= 4 is 29.0 Å². The summed E-state index contributed by atoms with van der Waals surface area (Å²) < 4.78 is 18.4. The summed E-state index contributed by atoms with van der Waals surface area (Å²) in [6, 6.07) is 12.6. The summed E-state index contributed by atoms with van der Waals surface area (Å²) in [6.07, 6.45) is 0. The normalized spacial score (nSPS) is 12.3. The number of ether oxygens (including phenoxy) is 3. The van der Waals surface area contributed by atoms with Crippen molar-refractivity contribution in [1.29, 1.82) is 0 Å². The summed E-state index contributed by atoms with van der Waals surface area (Å²) in [5.74, 6) is 1.65. The maximum Gasteiger partial charge on any atom is 0.231 e. The van der Waals surface area contributed by atoms with Gasteiger partial charge in [0.2, 0.25) is 12.6 Å². The molecular weight excluding hydrogens is 401 g/mol. The van der Waals surface area contributed by atoms with E-state index in [0.717, 1.165) is 17.1 Å². The number of Topliss-reactive ketones (excluding diaryl/α,β-unsaturated/α-hetero) is 1. The lowest BCUT2D eigenvalue weighted by Crippen LogP contribution is -2.13. The molecule has 0 spiro atoms. The van der Waals surface area contributed by atoms with Gasteiger partial charge in [0.15, 0.2) is 18.1 Å². The smallest absolute Gasteiger partial charge is 0.231 e. The van der Waals surface area contributed by atoms with E-state index in [-0.39, 0.29) is 19.2 Å². The van der Waals surface area contributed by atoms with E-state index in [1.165, 1.54) is 0 Å². The number of nitrogens with zero attached hydrogens (tertiary/aromatic N) is 1. The van der Waals surface area contributed by atoms with Crippen molar-refractivity contribution < 1.29 is 19.0 Å². The highest BCUT2D eigenvalue weighted by Gasteiger charge is 2.20. The minimum atomic E-state index is -0.142. The largest absolute Gasteiger partial charge is 0.484 e. The Bertz CT molecular complexity index is 1070. The lowest BCUT2D eigenvalue weighted by molar-refractivity contribution is 0.0921. The lowest BCUT2D eigenvalue weighted by Gasteiger charge is -2.11. The van der Waals surface area contributed by atoms with Crippen molar-refractivity contribution in [3.05, 3.63) is 69.5 Å². The molecule has 0 radical (unpaired) electrons. The molecule has 0 bridgehead atoms. The Kier molecular flexibility index (Phi) is 4.96. The van der Waals surface area contributed by atoms with Crippen LogP contribution in [0.1, 0.15) is 21.7 Å². The molecule has 0 atom stereocenters. The van der Waals surface area contributed by atoms with Gasteiger partial charge in [-0.2, -0.15) is 0 Å². The molecule has 1 aromatic heterocycles. The van der Waals surface area contributed by atoms with E-state index in [4.69, 9.17) is 37.4 Å². The quantitative estimate of drug-likeness (QED) is 0.522. The molecule has 0 fully saturated rings. The minimum Gasteiger partial charge on any atom is -0.484 e. The first-order chi connectivity index (χ1) is 13.5. The van der Waals surface area contributed by atoms with Crippen LogP contribution in [0.25, 0.3) is 5.69 Å². The second kappa shape index (κ2) is 7.41. The number of carbonyl (C=O) groups is 1. The molecule has 0 saturated heterocycles. The molecule has 0 unspecified atom stereocenters. The maximum absolute atomic E-state index is 12.8. The molecule has 2 aromatic carbocycles. The SMILES string of the molecule is Cc1cc(C(=O)COc2cccc(Cl)c2Cl)c(C)n1-c1ccc2c(c1)OCO2. The van der Waals surface area contributed by atoms with Gasteiger partial charge in [-0.25, -0.2) is 0 Å². The van der Waals surface area contributed by atoms with E-state index < -0.39 is 0 Å². The van der Waals surface area contributed by atoms with E-state index in [0.29, 0.717) is 32.9 Å². The number of aromatic nitrogens is 1. The number of benzene rings is 2. The molecule has 1 aliphatic heterocycles. The monoisotopic (exact) mass is 417 g/mol. The Balaban J connectivity index is 1.58. The molecule has 4 rings (SSSR count). The fraction of sp³-hybridized carbons (Fsp3) is 0.190. The molecule has 144 valence electrons. The van der Waals surface area contributed by atoms with Crippen LogP contribution in [-0.4, -0.2) is 23.8 Å². The zero-order valence-electron chi connectivity index (χ0n) is 15.3. The van der Waals surface area contributed by atoms with Gasteiger partial charge < -0.3 is 18.8 Å². The van der Waals surface area contributed by atoms with Crippen molar-refractivity contribution in [2.75, 3.05) is 13.4 Å². The molecule has 0 aliphatic carbocycles. The van der Waals surface area contributed by atoms with Crippen molar-refractivity contribution in [2.24, 2.45) is 0 Å². The molecule has 28 heavy (non-hydrogen) atoms. The van der Waals surface area contributed by atoms with Crippen LogP contribution in [0.5, 0.6) is 17.2 Å². The van der Waals surface area contributed by atoms with Gasteiger partial charge in [-0.05, 0) is 44.2 Å². The van der Waals surface area contributed by atoms with E-state index in [1.54, 1.807) is 18.2 Å². The van der Waals surface area contributed by atoms with Crippen LogP contribution in [0.2, 0.25) is 10.0 Å². The number of fused-ring (bicyclic) bond motifs is 1. The molecule has 0 N–H and O–H groups in total. The number of ketones is 1. The first-order valence-electron chi connectivity index (χ1n) is 8.64. The average molecular weight is 418 g/mol. The van der Waals surface area contributed by atoms with Gasteiger partial charge in [0, 0.05) is 28.7 Å². The van der Waals surface area contributed by atoms with Gasteiger partial charge in [0.05, 0.1) is 5.02 Å². The molecule has 1 aliphatic rings. The molecule has 0 saturated carbocycles.